The van der Waals surface area contributed by atoms with Gasteiger partial charge in [0.15, 0.2) is 0 Å². The first-order chi connectivity index (χ1) is 10.0. The zero-order valence-electron chi connectivity index (χ0n) is 11.7. The largest absolute Gasteiger partial charge is 0.371 e. The minimum atomic E-state index is -3.52. The Kier molecular flexibility index (Phi) is 3.73. The smallest absolute Gasteiger partial charge is 0.243 e. The number of amides is 1. The van der Waals surface area contributed by atoms with Crippen molar-refractivity contribution < 1.29 is 17.9 Å². The van der Waals surface area contributed by atoms with E-state index in [-0.39, 0.29) is 35.5 Å². The molecule has 2 bridgehead atoms. The zero-order chi connectivity index (χ0) is 15.0. The van der Waals surface area contributed by atoms with Crippen molar-refractivity contribution in [2.45, 2.75) is 23.5 Å². The third-order valence-corrected chi connectivity index (χ3v) is 5.93. The Morgan fingerprint density at radius 3 is 2.67 bits per heavy atom. The molecule has 7 heteroatoms. The molecule has 21 heavy (non-hydrogen) atoms. The molecule has 3 rings (SSSR count). The Morgan fingerprint density at radius 1 is 1.29 bits per heavy atom. The molecule has 2 aliphatic heterocycles. The van der Waals surface area contributed by atoms with E-state index in [0.29, 0.717) is 13.0 Å². The summed E-state index contributed by atoms with van der Waals surface area (Å²) in [5, 5.41) is 2.62. The molecular formula is C14H18N2O4S. The summed E-state index contributed by atoms with van der Waals surface area (Å²) in [7, 11) is -1.94. The van der Waals surface area contributed by atoms with Crippen LogP contribution in [0.2, 0.25) is 0 Å². The van der Waals surface area contributed by atoms with Crippen molar-refractivity contribution in [2.75, 3.05) is 20.1 Å². The number of benzene rings is 1. The molecule has 0 radical (unpaired) electrons. The van der Waals surface area contributed by atoms with Crippen LogP contribution >= 0.6 is 0 Å². The summed E-state index contributed by atoms with van der Waals surface area (Å²) in [6, 6.07) is 8.36. The second kappa shape index (κ2) is 5.40. The predicted molar refractivity (Wildman–Crippen MR) is 76.0 cm³/mol. The molecule has 0 aliphatic carbocycles. The van der Waals surface area contributed by atoms with E-state index < -0.39 is 10.0 Å². The van der Waals surface area contributed by atoms with E-state index in [4.69, 9.17) is 4.74 Å². The normalized spacial score (nSPS) is 29.3. The molecule has 2 saturated heterocycles. The third-order valence-electron chi connectivity index (χ3n) is 4.09. The predicted octanol–water partition coefficient (Wildman–Crippen LogP) is 0.211. The van der Waals surface area contributed by atoms with Gasteiger partial charge in [-0.25, -0.2) is 8.42 Å². The van der Waals surface area contributed by atoms with Crippen molar-refractivity contribution >= 4 is 15.9 Å². The van der Waals surface area contributed by atoms with Gasteiger partial charge in [0.1, 0.15) is 0 Å². The summed E-state index contributed by atoms with van der Waals surface area (Å²) < 4.78 is 32.4. The molecule has 1 N–H and O–H groups in total. The number of hydrogen-bond donors (Lipinski definition) is 1. The van der Waals surface area contributed by atoms with E-state index in [0.717, 1.165) is 0 Å². The maximum atomic E-state index is 12.6. The number of carbonyl (C=O) groups excluding carboxylic acids is 1. The standard InChI is InChI=1S/C14H18N2O4S/c1-15-14(17)12-7-10-8-16(9-13(12)20-10)21(18,19)11-5-3-2-4-6-11/h2-6,10,12-13H,7-9H2,1H3,(H,15,17)/t10-,12+,13+/m0/s1. The number of fused-ring (bicyclic) bond motifs is 2. The maximum Gasteiger partial charge on any atom is 0.243 e. The van der Waals surface area contributed by atoms with Crippen molar-refractivity contribution in [3.05, 3.63) is 30.3 Å². The molecule has 0 spiro atoms. The van der Waals surface area contributed by atoms with Gasteiger partial charge in [-0.15, -0.1) is 0 Å². The maximum absolute atomic E-state index is 12.6. The summed E-state index contributed by atoms with van der Waals surface area (Å²) in [5.41, 5.74) is 0. The summed E-state index contributed by atoms with van der Waals surface area (Å²) in [6.07, 6.45) is 0.0113. The average Bonchev–Trinajstić information content (AvgIpc) is 2.81. The second-order valence-electron chi connectivity index (χ2n) is 5.39. The number of carbonyl (C=O) groups is 1. The molecule has 1 amide bonds. The summed E-state index contributed by atoms with van der Waals surface area (Å²) in [4.78, 5) is 12.1. The lowest BCUT2D eigenvalue weighted by Crippen LogP contribution is -2.47. The van der Waals surface area contributed by atoms with E-state index in [1.54, 1.807) is 37.4 Å². The third kappa shape index (κ3) is 2.56. The van der Waals surface area contributed by atoms with Gasteiger partial charge in [0.05, 0.1) is 23.0 Å². The van der Waals surface area contributed by atoms with E-state index in [1.165, 1.54) is 4.31 Å². The number of morpholine rings is 1. The highest BCUT2D eigenvalue weighted by Gasteiger charge is 2.47. The Bertz CT molecular complexity index is 632. The van der Waals surface area contributed by atoms with Crippen molar-refractivity contribution in [2.24, 2.45) is 5.92 Å². The van der Waals surface area contributed by atoms with Crippen LogP contribution in [0.1, 0.15) is 6.42 Å². The summed E-state index contributed by atoms with van der Waals surface area (Å²) in [5.74, 6) is -0.350. The molecule has 114 valence electrons. The van der Waals surface area contributed by atoms with Gasteiger partial charge in [-0.05, 0) is 18.6 Å². The highest BCUT2D eigenvalue weighted by Crippen LogP contribution is 2.34. The van der Waals surface area contributed by atoms with E-state index in [2.05, 4.69) is 5.32 Å². The molecule has 0 aromatic heterocycles. The SMILES string of the molecule is CNC(=O)[C@@H]1C[C@H]2CN(S(=O)(=O)c3ccccc3)C[C@H]1O2. The van der Waals surface area contributed by atoms with Crippen LogP contribution in [-0.4, -0.2) is 51.0 Å². The van der Waals surface area contributed by atoms with Gasteiger partial charge in [-0.2, -0.15) is 4.31 Å². The van der Waals surface area contributed by atoms with Gasteiger partial charge in [-0.1, -0.05) is 18.2 Å². The molecule has 0 saturated carbocycles. The van der Waals surface area contributed by atoms with Crippen LogP contribution in [0.5, 0.6) is 0 Å². The van der Waals surface area contributed by atoms with Gasteiger partial charge in [0.2, 0.25) is 15.9 Å². The number of sulfonamides is 1. The molecule has 3 atom stereocenters. The van der Waals surface area contributed by atoms with Gasteiger partial charge in [0, 0.05) is 20.1 Å². The molecule has 2 aliphatic rings. The van der Waals surface area contributed by atoms with Crippen molar-refractivity contribution in [3.63, 3.8) is 0 Å². The topological polar surface area (TPSA) is 75.7 Å². The molecule has 0 unspecified atom stereocenters. The summed E-state index contributed by atoms with van der Waals surface area (Å²) in [6.45, 7) is 0.535. The lowest BCUT2D eigenvalue weighted by Gasteiger charge is -2.31. The zero-order valence-corrected chi connectivity index (χ0v) is 12.5. The van der Waals surface area contributed by atoms with Gasteiger partial charge in [0.25, 0.3) is 0 Å². The molecule has 1 aromatic rings. The molecule has 6 nitrogen and oxygen atoms in total. The first-order valence-electron chi connectivity index (χ1n) is 6.94. The average molecular weight is 310 g/mol. The first-order valence-corrected chi connectivity index (χ1v) is 8.38. The van der Waals surface area contributed by atoms with Crippen LogP contribution in [-0.2, 0) is 19.6 Å². The molecule has 2 heterocycles. The number of nitrogens with one attached hydrogen (secondary N) is 1. The highest BCUT2D eigenvalue weighted by molar-refractivity contribution is 7.89. The molecule has 1 aromatic carbocycles. The minimum Gasteiger partial charge on any atom is -0.371 e. The summed E-state index contributed by atoms with van der Waals surface area (Å²) >= 11 is 0. The van der Waals surface area contributed by atoms with Gasteiger partial charge in [-0.3, -0.25) is 4.79 Å². The monoisotopic (exact) mass is 310 g/mol. The van der Waals surface area contributed by atoms with Gasteiger partial charge >= 0.3 is 0 Å². The lowest BCUT2D eigenvalue weighted by molar-refractivity contribution is -0.126. The molecular weight excluding hydrogens is 292 g/mol. The van der Waals surface area contributed by atoms with Gasteiger partial charge < -0.3 is 10.1 Å². The minimum absolute atomic E-state index is 0.0820. The Balaban J connectivity index is 1.82. The quantitative estimate of drug-likeness (QED) is 0.866. The fourth-order valence-corrected chi connectivity index (χ4v) is 4.53. The number of ether oxygens (including phenoxy) is 1. The fraction of sp³-hybridized carbons (Fsp3) is 0.500. The van der Waals surface area contributed by atoms with Crippen molar-refractivity contribution in [1.82, 2.24) is 9.62 Å². The van der Waals surface area contributed by atoms with Crippen molar-refractivity contribution in [1.29, 1.82) is 0 Å². The number of hydrogen-bond acceptors (Lipinski definition) is 4. The van der Waals surface area contributed by atoms with Crippen LogP contribution in [0.4, 0.5) is 0 Å². The lowest BCUT2D eigenvalue weighted by atomic mass is 10.00. The van der Waals surface area contributed by atoms with Crippen LogP contribution < -0.4 is 5.32 Å². The number of nitrogens with zero attached hydrogens (tertiary/aromatic N) is 1. The van der Waals surface area contributed by atoms with Crippen LogP contribution in [0, 0.1) is 5.92 Å². The Hall–Kier alpha value is -1.44. The Labute approximate surface area is 124 Å². The highest BCUT2D eigenvalue weighted by atomic mass is 32.2. The second-order valence-corrected chi connectivity index (χ2v) is 7.33. The number of rotatable bonds is 3. The first kappa shape index (κ1) is 14.5. The van der Waals surface area contributed by atoms with E-state index in [9.17, 15) is 13.2 Å². The van der Waals surface area contributed by atoms with Crippen LogP contribution in [0.15, 0.2) is 35.2 Å². The fourth-order valence-electron chi connectivity index (χ4n) is 3.02. The molecule has 2 fully saturated rings. The van der Waals surface area contributed by atoms with E-state index in [1.807, 2.05) is 0 Å². The Morgan fingerprint density at radius 2 is 2.00 bits per heavy atom. The van der Waals surface area contributed by atoms with Crippen LogP contribution in [0.3, 0.4) is 0 Å². The van der Waals surface area contributed by atoms with E-state index >= 15 is 0 Å². The van der Waals surface area contributed by atoms with Crippen molar-refractivity contribution in [3.8, 4) is 0 Å². The van der Waals surface area contributed by atoms with Crippen LogP contribution in [0.25, 0.3) is 0 Å².